The molecule has 0 radical (unpaired) electrons. The van der Waals surface area contributed by atoms with Crippen molar-refractivity contribution in [3.8, 4) is 0 Å². The average molecular weight is 1110 g/mol. The first kappa shape index (κ1) is 76.6. The van der Waals surface area contributed by atoms with Gasteiger partial charge in [-0.15, -0.1) is 0 Å². The second kappa shape index (κ2) is 68.1. The predicted octanol–water partition coefficient (Wildman–Crippen LogP) is 24.3. The second-order valence-corrected chi connectivity index (χ2v) is 24.1. The van der Waals surface area contributed by atoms with Crippen LogP contribution in [-0.4, -0.2) is 37.2 Å². The van der Waals surface area contributed by atoms with Gasteiger partial charge in [-0.05, 0) is 51.4 Å². The molecule has 0 aliphatic carbocycles. The summed E-state index contributed by atoms with van der Waals surface area (Å²) < 4.78 is 17.0. The van der Waals surface area contributed by atoms with Crippen LogP contribution in [0.5, 0.6) is 0 Å². The van der Waals surface area contributed by atoms with Crippen LogP contribution in [0.1, 0.15) is 393 Å². The Labute approximate surface area is 493 Å². The van der Waals surface area contributed by atoms with Gasteiger partial charge in [-0.25, -0.2) is 0 Å². The third-order valence-electron chi connectivity index (χ3n) is 16.2. The maximum atomic E-state index is 12.9. The minimum absolute atomic E-state index is 0.0704. The monoisotopic (exact) mass is 1110 g/mol. The first-order chi connectivity index (χ1) is 39.0. The third-order valence-corrected chi connectivity index (χ3v) is 16.2. The molecule has 0 bridgehead atoms. The molecule has 0 fully saturated rings. The van der Waals surface area contributed by atoms with Crippen molar-refractivity contribution in [1.82, 2.24) is 0 Å². The molecule has 0 saturated carbocycles. The second-order valence-electron chi connectivity index (χ2n) is 24.1. The number of carbonyl (C=O) groups excluding carboxylic acids is 3. The molecule has 1 atom stereocenters. The number of allylic oxidation sites excluding steroid dienone is 6. The van der Waals surface area contributed by atoms with Gasteiger partial charge in [-0.2, -0.15) is 0 Å². The molecule has 0 rings (SSSR count). The molecular formula is C73H136O6. The first-order valence-electron chi connectivity index (χ1n) is 35.5. The van der Waals surface area contributed by atoms with Gasteiger partial charge in [-0.1, -0.05) is 359 Å². The summed E-state index contributed by atoms with van der Waals surface area (Å²) in [5, 5.41) is 0. The zero-order valence-corrected chi connectivity index (χ0v) is 53.4. The molecular weight excluding hydrogens is 973 g/mol. The highest BCUT2D eigenvalue weighted by molar-refractivity contribution is 5.71. The molecule has 0 saturated heterocycles. The van der Waals surface area contributed by atoms with Crippen molar-refractivity contribution in [2.75, 3.05) is 13.2 Å². The van der Waals surface area contributed by atoms with Crippen LogP contribution in [0.4, 0.5) is 0 Å². The minimum atomic E-state index is -0.775. The van der Waals surface area contributed by atoms with Gasteiger partial charge in [0, 0.05) is 19.3 Å². The molecule has 0 aromatic rings. The smallest absolute Gasteiger partial charge is 0.306 e. The van der Waals surface area contributed by atoms with Crippen molar-refractivity contribution < 1.29 is 28.6 Å². The van der Waals surface area contributed by atoms with E-state index in [0.29, 0.717) is 19.3 Å². The molecule has 0 aliphatic rings. The van der Waals surface area contributed by atoms with Gasteiger partial charge in [-0.3, -0.25) is 14.4 Å². The van der Waals surface area contributed by atoms with Crippen molar-refractivity contribution in [2.45, 2.75) is 399 Å². The molecule has 0 spiro atoms. The number of rotatable bonds is 66. The molecule has 0 amide bonds. The molecule has 0 aliphatic heterocycles. The molecule has 6 heteroatoms. The summed E-state index contributed by atoms with van der Waals surface area (Å²) in [6, 6.07) is 0. The number of hydrogen-bond donors (Lipinski definition) is 0. The molecule has 0 heterocycles. The van der Waals surface area contributed by atoms with Crippen molar-refractivity contribution in [1.29, 1.82) is 0 Å². The van der Waals surface area contributed by atoms with Crippen LogP contribution < -0.4 is 0 Å². The van der Waals surface area contributed by atoms with Gasteiger partial charge in [0.05, 0.1) is 0 Å². The molecule has 6 nitrogen and oxygen atoms in total. The molecule has 79 heavy (non-hydrogen) atoms. The molecule has 1 unspecified atom stereocenters. The van der Waals surface area contributed by atoms with Crippen molar-refractivity contribution in [3.63, 3.8) is 0 Å². The summed E-state index contributed by atoms with van der Waals surface area (Å²) in [5.74, 6) is -0.849. The molecule has 464 valence electrons. The fourth-order valence-corrected chi connectivity index (χ4v) is 10.9. The van der Waals surface area contributed by atoms with Crippen LogP contribution in [-0.2, 0) is 28.6 Å². The highest BCUT2D eigenvalue weighted by Crippen LogP contribution is 2.19. The van der Waals surface area contributed by atoms with Gasteiger partial charge in [0.1, 0.15) is 13.2 Å². The number of carbonyl (C=O) groups is 3. The number of esters is 3. The van der Waals surface area contributed by atoms with Crippen molar-refractivity contribution in [2.24, 2.45) is 0 Å². The van der Waals surface area contributed by atoms with Crippen molar-refractivity contribution in [3.05, 3.63) is 36.5 Å². The SMILES string of the molecule is CC/C=C\C/C=C\C/C=C\CCCCCCCCCC(=O)OC(COC(=O)CCCCCCCCCCCCCCCCCCC)COC(=O)CCCCCCCCCCCCCCCCCCCCCCCCCCCCC. The van der Waals surface area contributed by atoms with E-state index in [1.165, 1.54) is 270 Å². The maximum absolute atomic E-state index is 12.9. The van der Waals surface area contributed by atoms with Crippen molar-refractivity contribution >= 4 is 17.9 Å². The first-order valence-corrected chi connectivity index (χ1v) is 35.5. The van der Waals surface area contributed by atoms with E-state index in [1.54, 1.807) is 0 Å². The highest BCUT2D eigenvalue weighted by atomic mass is 16.6. The zero-order valence-electron chi connectivity index (χ0n) is 53.4. The Hall–Kier alpha value is -2.37. The maximum Gasteiger partial charge on any atom is 0.306 e. The van der Waals surface area contributed by atoms with E-state index in [0.717, 1.165) is 83.5 Å². The fourth-order valence-electron chi connectivity index (χ4n) is 10.9. The topological polar surface area (TPSA) is 78.9 Å². The number of hydrogen-bond acceptors (Lipinski definition) is 6. The lowest BCUT2D eigenvalue weighted by atomic mass is 10.0. The highest BCUT2D eigenvalue weighted by Gasteiger charge is 2.19. The largest absolute Gasteiger partial charge is 0.462 e. The van der Waals surface area contributed by atoms with Gasteiger partial charge >= 0.3 is 17.9 Å². The van der Waals surface area contributed by atoms with Crippen LogP contribution >= 0.6 is 0 Å². The van der Waals surface area contributed by atoms with Gasteiger partial charge in [0.2, 0.25) is 0 Å². The van der Waals surface area contributed by atoms with Gasteiger partial charge < -0.3 is 14.2 Å². The summed E-state index contributed by atoms with van der Waals surface area (Å²) in [4.78, 5) is 38.4. The normalized spacial score (nSPS) is 12.2. The summed E-state index contributed by atoms with van der Waals surface area (Å²) in [7, 11) is 0. The van der Waals surface area contributed by atoms with Crippen LogP contribution in [0, 0.1) is 0 Å². The Morgan fingerprint density at radius 2 is 0.494 bits per heavy atom. The Morgan fingerprint density at radius 1 is 0.266 bits per heavy atom. The zero-order chi connectivity index (χ0) is 57.1. The standard InChI is InChI=1S/C73H136O6/c1-4-7-10-13-16-19-22-25-28-31-32-33-34-35-36-37-38-39-40-43-45-48-51-54-57-60-63-66-72(75)78-69-70(79-73(76)67-64-61-58-55-52-49-46-42-30-27-24-21-18-15-12-9-6-3)68-77-71(74)65-62-59-56-53-50-47-44-41-29-26-23-20-17-14-11-8-5-2/h9,12,18,21,27,30,70H,4-8,10-11,13-17,19-20,22-26,28-29,31-69H2,1-3H3/b12-9-,21-18-,30-27-. The van der Waals surface area contributed by atoms with Gasteiger partial charge in [0.25, 0.3) is 0 Å². The van der Waals surface area contributed by atoms with E-state index in [2.05, 4.69) is 57.2 Å². The lowest BCUT2D eigenvalue weighted by molar-refractivity contribution is -0.167. The van der Waals surface area contributed by atoms with E-state index in [-0.39, 0.29) is 31.1 Å². The average Bonchev–Trinajstić information content (AvgIpc) is 3.45. The van der Waals surface area contributed by atoms with Gasteiger partial charge in [0.15, 0.2) is 6.10 Å². The Kier molecular flexibility index (Phi) is 66.1. The van der Waals surface area contributed by atoms with Crippen LogP contribution in [0.15, 0.2) is 36.5 Å². The summed E-state index contributed by atoms with van der Waals surface area (Å²) in [6.45, 7) is 6.61. The Balaban J connectivity index is 4.23. The fraction of sp³-hybridized carbons (Fsp3) is 0.877. The van der Waals surface area contributed by atoms with E-state index >= 15 is 0 Å². The summed E-state index contributed by atoms with van der Waals surface area (Å²) in [6.07, 6.45) is 84.6. The summed E-state index contributed by atoms with van der Waals surface area (Å²) in [5.41, 5.74) is 0. The Bertz CT molecular complexity index is 1320. The van der Waals surface area contributed by atoms with Crippen LogP contribution in [0.2, 0.25) is 0 Å². The lowest BCUT2D eigenvalue weighted by Gasteiger charge is -2.18. The Morgan fingerprint density at radius 3 is 0.772 bits per heavy atom. The van der Waals surface area contributed by atoms with E-state index < -0.39 is 6.10 Å². The lowest BCUT2D eigenvalue weighted by Crippen LogP contribution is -2.30. The quantitative estimate of drug-likeness (QED) is 0.0261. The molecule has 0 N–H and O–H groups in total. The molecule has 0 aromatic carbocycles. The van der Waals surface area contributed by atoms with E-state index in [9.17, 15) is 14.4 Å². The number of unbranched alkanes of at least 4 members (excludes halogenated alkanes) is 49. The minimum Gasteiger partial charge on any atom is -0.462 e. The third kappa shape index (κ3) is 66.3. The molecule has 0 aromatic heterocycles. The number of ether oxygens (including phenoxy) is 3. The van der Waals surface area contributed by atoms with Crippen LogP contribution in [0.25, 0.3) is 0 Å². The predicted molar refractivity (Wildman–Crippen MR) is 344 cm³/mol. The van der Waals surface area contributed by atoms with E-state index in [4.69, 9.17) is 14.2 Å². The van der Waals surface area contributed by atoms with Crippen LogP contribution in [0.3, 0.4) is 0 Å². The summed E-state index contributed by atoms with van der Waals surface area (Å²) >= 11 is 0. The van der Waals surface area contributed by atoms with E-state index in [1.807, 2.05) is 0 Å².